The number of carbonyl (C=O) groups excluding carboxylic acids is 1. The number of piperazine rings is 1. The molecule has 1 unspecified atom stereocenters. The number of sulfonamides is 1. The highest BCUT2D eigenvalue weighted by Gasteiger charge is 2.32. The Bertz CT molecular complexity index is 1190. The van der Waals surface area contributed by atoms with Gasteiger partial charge in [-0.05, 0) is 51.3 Å². The van der Waals surface area contributed by atoms with Gasteiger partial charge in [0.1, 0.15) is 11.6 Å². The summed E-state index contributed by atoms with van der Waals surface area (Å²) in [4.78, 5) is 26.9. The van der Waals surface area contributed by atoms with Crippen LogP contribution in [0.15, 0.2) is 29.2 Å². The first-order valence-corrected chi connectivity index (χ1v) is 14.0. The molecule has 0 N–H and O–H groups in total. The number of amides is 1. The monoisotopic (exact) mass is 499 g/mol. The summed E-state index contributed by atoms with van der Waals surface area (Å²) in [5, 5.41) is 0. The van der Waals surface area contributed by atoms with Crippen LogP contribution in [0.25, 0.3) is 0 Å². The van der Waals surface area contributed by atoms with Crippen molar-refractivity contribution in [2.24, 2.45) is 0 Å². The van der Waals surface area contributed by atoms with Gasteiger partial charge in [-0.3, -0.25) is 4.79 Å². The van der Waals surface area contributed by atoms with Crippen LogP contribution in [0.2, 0.25) is 0 Å². The maximum atomic E-state index is 13.5. The van der Waals surface area contributed by atoms with Crippen molar-refractivity contribution in [3.05, 3.63) is 46.9 Å². The van der Waals surface area contributed by atoms with Crippen LogP contribution in [0.5, 0.6) is 0 Å². The largest absolute Gasteiger partial charge is 0.353 e. The van der Waals surface area contributed by atoms with E-state index in [2.05, 4.69) is 23.7 Å². The lowest BCUT2D eigenvalue weighted by Gasteiger charge is -2.36. The summed E-state index contributed by atoms with van der Waals surface area (Å²) in [6.45, 7) is 12.9. The van der Waals surface area contributed by atoms with E-state index in [1.165, 1.54) is 0 Å². The van der Waals surface area contributed by atoms with Crippen LogP contribution in [0.4, 0.5) is 5.82 Å². The van der Waals surface area contributed by atoms with Gasteiger partial charge < -0.3 is 9.80 Å². The van der Waals surface area contributed by atoms with Crippen LogP contribution in [-0.2, 0) is 10.0 Å². The van der Waals surface area contributed by atoms with Crippen molar-refractivity contribution in [1.29, 1.82) is 0 Å². The summed E-state index contributed by atoms with van der Waals surface area (Å²) in [5.41, 5.74) is 2.19. The summed E-state index contributed by atoms with van der Waals surface area (Å²) < 4.78 is 28.3. The molecule has 2 aliphatic rings. The molecule has 2 aliphatic heterocycles. The average molecular weight is 500 g/mol. The zero-order valence-electron chi connectivity index (χ0n) is 21.5. The van der Waals surface area contributed by atoms with E-state index in [1.807, 2.05) is 31.7 Å². The van der Waals surface area contributed by atoms with Gasteiger partial charge in [-0.1, -0.05) is 26.3 Å². The first kappa shape index (κ1) is 25.6. The Labute approximate surface area is 209 Å². The first-order chi connectivity index (χ1) is 16.6. The highest BCUT2D eigenvalue weighted by molar-refractivity contribution is 7.89. The molecule has 0 saturated carbocycles. The molecule has 1 amide bonds. The molecular weight excluding hydrogens is 462 g/mol. The summed E-state index contributed by atoms with van der Waals surface area (Å²) in [6, 6.07) is 6.92. The van der Waals surface area contributed by atoms with Gasteiger partial charge in [-0.25, -0.2) is 18.4 Å². The topological polar surface area (TPSA) is 86.7 Å². The zero-order valence-corrected chi connectivity index (χ0v) is 22.3. The summed E-state index contributed by atoms with van der Waals surface area (Å²) in [7, 11) is -3.63. The number of carbonyl (C=O) groups is 1. The van der Waals surface area contributed by atoms with Crippen LogP contribution in [0.3, 0.4) is 0 Å². The Kier molecular flexibility index (Phi) is 7.47. The number of hydrogen-bond donors (Lipinski definition) is 0. The van der Waals surface area contributed by atoms with Gasteiger partial charge >= 0.3 is 0 Å². The number of aromatic nitrogens is 2. The van der Waals surface area contributed by atoms with E-state index in [0.29, 0.717) is 38.3 Å². The van der Waals surface area contributed by atoms with E-state index in [0.717, 1.165) is 42.2 Å². The van der Waals surface area contributed by atoms with Gasteiger partial charge in [-0.15, -0.1) is 0 Å². The number of nitrogens with zero attached hydrogens (tertiary/aromatic N) is 5. The SMILES string of the molecule is Cc1cc(N2CCN(C(=O)c3cc(S(=O)(=O)N4CCCCC4C)ccc3C)CC2)nc(C(C)C)n1. The van der Waals surface area contributed by atoms with Gasteiger partial charge in [0.25, 0.3) is 5.91 Å². The molecule has 3 heterocycles. The fourth-order valence-corrected chi connectivity index (χ4v) is 6.59. The highest BCUT2D eigenvalue weighted by Crippen LogP contribution is 2.27. The zero-order chi connectivity index (χ0) is 25.3. The molecular formula is C26H37N5O3S. The van der Waals surface area contributed by atoms with E-state index in [9.17, 15) is 13.2 Å². The quantitative estimate of drug-likeness (QED) is 0.623. The van der Waals surface area contributed by atoms with Crippen LogP contribution < -0.4 is 4.90 Å². The fraction of sp³-hybridized carbons (Fsp3) is 0.577. The first-order valence-electron chi connectivity index (χ1n) is 12.6. The molecule has 0 aliphatic carbocycles. The molecule has 35 heavy (non-hydrogen) atoms. The number of benzene rings is 1. The lowest BCUT2D eigenvalue weighted by atomic mass is 10.1. The van der Waals surface area contributed by atoms with Crippen molar-refractivity contribution < 1.29 is 13.2 Å². The molecule has 9 heteroatoms. The fourth-order valence-electron chi connectivity index (χ4n) is 4.86. The van der Waals surface area contributed by atoms with Crippen LogP contribution in [-0.4, -0.2) is 72.3 Å². The molecule has 1 atom stereocenters. The minimum atomic E-state index is -3.63. The number of hydrogen-bond acceptors (Lipinski definition) is 6. The number of anilines is 1. The standard InChI is InChI=1S/C26H37N5O3S/c1-18(2)25-27-20(4)16-24(28-25)29-12-14-30(15-13-29)26(32)23-17-22(10-9-19(23)3)35(33,34)31-11-7-6-8-21(31)5/h9-10,16-18,21H,6-8,11-15H2,1-5H3. The summed E-state index contributed by atoms with van der Waals surface area (Å²) in [5.74, 6) is 1.85. The lowest BCUT2D eigenvalue weighted by molar-refractivity contribution is 0.0745. The molecule has 4 rings (SSSR count). The molecule has 0 spiro atoms. The summed E-state index contributed by atoms with van der Waals surface area (Å²) >= 11 is 0. The normalized spacial score (nSPS) is 19.9. The molecule has 2 fully saturated rings. The minimum absolute atomic E-state index is 0.0241. The maximum absolute atomic E-state index is 13.5. The number of piperidine rings is 1. The van der Waals surface area contributed by atoms with Crippen LogP contribution in [0, 0.1) is 13.8 Å². The third-order valence-electron chi connectivity index (χ3n) is 7.05. The third kappa shape index (κ3) is 5.35. The Morgan fingerprint density at radius 1 is 1.00 bits per heavy atom. The molecule has 1 aromatic heterocycles. The molecule has 8 nitrogen and oxygen atoms in total. The van der Waals surface area contributed by atoms with Gasteiger partial charge in [-0.2, -0.15) is 4.31 Å². The number of rotatable bonds is 5. The van der Waals surface area contributed by atoms with Crippen molar-refractivity contribution in [3.63, 3.8) is 0 Å². The number of aryl methyl sites for hydroxylation is 2. The Morgan fingerprint density at radius 3 is 2.37 bits per heavy atom. The maximum Gasteiger partial charge on any atom is 0.254 e. The van der Waals surface area contributed by atoms with E-state index >= 15 is 0 Å². The van der Waals surface area contributed by atoms with Crippen molar-refractivity contribution >= 4 is 21.7 Å². The van der Waals surface area contributed by atoms with E-state index in [4.69, 9.17) is 4.98 Å². The summed E-state index contributed by atoms with van der Waals surface area (Å²) in [6.07, 6.45) is 2.78. The van der Waals surface area contributed by atoms with Crippen LogP contribution >= 0.6 is 0 Å². The third-order valence-corrected chi connectivity index (χ3v) is 9.06. The molecule has 0 radical (unpaired) electrons. The smallest absolute Gasteiger partial charge is 0.254 e. The second-order valence-electron chi connectivity index (χ2n) is 10.1. The van der Waals surface area contributed by atoms with E-state index in [1.54, 1.807) is 22.5 Å². The predicted molar refractivity (Wildman–Crippen MR) is 137 cm³/mol. The van der Waals surface area contributed by atoms with Gasteiger partial charge in [0.05, 0.1) is 4.90 Å². The van der Waals surface area contributed by atoms with E-state index in [-0.39, 0.29) is 22.8 Å². The van der Waals surface area contributed by atoms with Crippen molar-refractivity contribution in [2.75, 3.05) is 37.6 Å². The van der Waals surface area contributed by atoms with Gasteiger partial charge in [0.2, 0.25) is 10.0 Å². The molecule has 0 bridgehead atoms. The second kappa shape index (κ2) is 10.2. The Hall–Kier alpha value is -2.52. The van der Waals surface area contributed by atoms with E-state index < -0.39 is 10.0 Å². The van der Waals surface area contributed by atoms with Crippen LogP contribution in [0.1, 0.15) is 73.4 Å². The lowest BCUT2D eigenvalue weighted by Crippen LogP contribution is -2.49. The van der Waals surface area contributed by atoms with Crippen molar-refractivity contribution in [2.45, 2.75) is 70.7 Å². The second-order valence-corrected chi connectivity index (χ2v) is 12.0. The van der Waals surface area contributed by atoms with Crippen molar-refractivity contribution in [3.8, 4) is 0 Å². The highest BCUT2D eigenvalue weighted by atomic mass is 32.2. The molecule has 2 aromatic rings. The minimum Gasteiger partial charge on any atom is -0.353 e. The Balaban J connectivity index is 1.50. The Morgan fingerprint density at radius 2 is 1.71 bits per heavy atom. The molecule has 1 aromatic carbocycles. The van der Waals surface area contributed by atoms with Gasteiger partial charge in [0, 0.05) is 62.0 Å². The molecule has 190 valence electrons. The van der Waals surface area contributed by atoms with Gasteiger partial charge in [0.15, 0.2) is 0 Å². The molecule has 2 saturated heterocycles. The van der Waals surface area contributed by atoms with Crippen molar-refractivity contribution in [1.82, 2.24) is 19.2 Å². The average Bonchev–Trinajstić information content (AvgIpc) is 2.83. The predicted octanol–water partition coefficient (Wildman–Crippen LogP) is 3.74.